The Morgan fingerprint density at radius 1 is 1.19 bits per heavy atom. The summed E-state index contributed by atoms with van der Waals surface area (Å²) in [5, 5.41) is 13.8. The van der Waals surface area contributed by atoms with Crippen LogP contribution in [0.25, 0.3) is 0 Å². The highest BCUT2D eigenvalue weighted by Gasteiger charge is 2.25. The zero-order chi connectivity index (χ0) is 14.7. The number of nitrogens with one attached hydrogen (secondary N) is 1. The number of aryl methyl sites for hydroxylation is 1. The molecule has 3 unspecified atom stereocenters. The van der Waals surface area contributed by atoms with E-state index < -0.39 is 0 Å². The molecule has 0 heterocycles. The van der Waals surface area contributed by atoms with Crippen molar-refractivity contribution >= 4 is 0 Å². The van der Waals surface area contributed by atoms with E-state index in [2.05, 4.69) is 23.5 Å². The van der Waals surface area contributed by atoms with Crippen LogP contribution >= 0.6 is 0 Å². The molecule has 3 rings (SSSR count). The van der Waals surface area contributed by atoms with E-state index in [1.807, 2.05) is 0 Å². The molecule has 0 aromatic heterocycles. The van der Waals surface area contributed by atoms with E-state index in [9.17, 15) is 5.11 Å². The second kappa shape index (κ2) is 6.80. The van der Waals surface area contributed by atoms with Crippen LogP contribution in [0, 0.1) is 5.92 Å². The first-order valence-corrected chi connectivity index (χ1v) is 8.33. The first-order valence-electron chi connectivity index (χ1n) is 8.33. The van der Waals surface area contributed by atoms with Gasteiger partial charge in [0.05, 0.1) is 13.2 Å². The molecule has 2 N–H and O–H groups in total. The summed E-state index contributed by atoms with van der Waals surface area (Å²) in [5.41, 5.74) is 2.88. The average molecular weight is 289 g/mol. The lowest BCUT2D eigenvalue weighted by Gasteiger charge is -2.31. The van der Waals surface area contributed by atoms with Crippen LogP contribution in [-0.4, -0.2) is 30.9 Å². The van der Waals surface area contributed by atoms with E-state index in [4.69, 9.17) is 4.74 Å². The Morgan fingerprint density at radius 3 is 2.86 bits per heavy atom. The SMILES string of the molecule is COc1ccc2c(c1)CC(NCC1CCCCC1O)CC2. The number of hydrogen-bond donors (Lipinski definition) is 2. The number of fused-ring (bicyclic) bond motifs is 1. The largest absolute Gasteiger partial charge is 0.497 e. The molecule has 3 heteroatoms. The van der Waals surface area contributed by atoms with Crippen molar-refractivity contribution in [3.05, 3.63) is 29.3 Å². The third kappa shape index (κ3) is 3.58. The molecular weight excluding hydrogens is 262 g/mol. The lowest BCUT2D eigenvalue weighted by molar-refractivity contribution is 0.0678. The lowest BCUT2D eigenvalue weighted by atomic mass is 9.85. The standard InChI is InChI=1S/C18H27NO2/c1-21-17-9-7-13-6-8-16(10-15(13)11-17)19-12-14-4-2-3-5-18(14)20/h7,9,11,14,16,18-20H,2-6,8,10,12H2,1H3. The van der Waals surface area contributed by atoms with Crippen molar-refractivity contribution < 1.29 is 9.84 Å². The van der Waals surface area contributed by atoms with E-state index in [-0.39, 0.29) is 6.10 Å². The molecule has 2 aliphatic carbocycles. The number of aliphatic hydroxyl groups excluding tert-OH is 1. The molecule has 0 spiro atoms. The van der Waals surface area contributed by atoms with E-state index in [0.29, 0.717) is 12.0 Å². The van der Waals surface area contributed by atoms with Gasteiger partial charge in [0.1, 0.15) is 5.75 Å². The molecule has 0 saturated heterocycles. The minimum Gasteiger partial charge on any atom is -0.497 e. The van der Waals surface area contributed by atoms with Gasteiger partial charge in [-0.25, -0.2) is 0 Å². The molecule has 21 heavy (non-hydrogen) atoms. The van der Waals surface area contributed by atoms with Gasteiger partial charge in [0.15, 0.2) is 0 Å². The third-order valence-corrected chi connectivity index (χ3v) is 5.18. The Kier molecular flexibility index (Phi) is 4.81. The summed E-state index contributed by atoms with van der Waals surface area (Å²) in [7, 11) is 1.73. The number of benzene rings is 1. The van der Waals surface area contributed by atoms with E-state index in [1.165, 1.54) is 36.8 Å². The highest BCUT2D eigenvalue weighted by atomic mass is 16.5. The van der Waals surface area contributed by atoms with Crippen LogP contribution < -0.4 is 10.1 Å². The Morgan fingerprint density at radius 2 is 2.05 bits per heavy atom. The average Bonchev–Trinajstić information content (AvgIpc) is 2.53. The molecule has 1 aromatic carbocycles. The number of aliphatic hydroxyl groups is 1. The molecule has 0 radical (unpaired) electrons. The summed E-state index contributed by atoms with van der Waals surface area (Å²) < 4.78 is 5.33. The fourth-order valence-electron chi connectivity index (χ4n) is 3.78. The summed E-state index contributed by atoms with van der Waals surface area (Å²) >= 11 is 0. The molecule has 116 valence electrons. The maximum Gasteiger partial charge on any atom is 0.119 e. The second-order valence-electron chi connectivity index (χ2n) is 6.59. The predicted molar refractivity (Wildman–Crippen MR) is 84.8 cm³/mol. The number of hydrogen-bond acceptors (Lipinski definition) is 3. The Labute approximate surface area is 127 Å². The third-order valence-electron chi connectivity index (χ3n) is 5.18. The van der Waals surface area contributed by atoms with Gasteiger partial charge < -0.3 is 15.2 Å². The highest BCUT2D eigenvalue weighted by molar-refractivity contribution is 5.37. The molecule has 2 aliphatic rings. The molecule has 1 aromatic rings. The monoisotopic (exact) mass is 289 g/mol. The first kappa shape index (κ1) is 14.9. The van der Waals surface area contributed by atoms with Crippen LogP contribution in [0.1, 0.15) is 43.2 Å². The van der Waals surface area contributed by atoms with Crippen molar-refractivity contribution in [1.29, 1.82) is 0 Å². The van der Waals surface area contributed by atoms with Gasteiger partial charge in [-0.1, -0.05) is 18.9 Å². The Bertz CT molecular complexity index is 474. The van der Waals surface area contributed by atoms with Crippen molar-refractivity contribution in [2.24, 2.45) is 5.92 Å². The molecule has 3 atom stereocenters. The van der Waals surface area contributed by atoms with Gasteiger partial charge in [-0.15, -0.1) is 0 Å². The zero-order valence-corrected chi connectivity index (χ0v) is 13.0. The molecule has 3 nitrogen and oxygen atoms in total. The molecule has 1 fully saturated rings. The van der Waals surface area contributed by atoms with Crippen LogP contribution in [-0.2, 0) is 12.8 Å². The van der Waals surface area contributed by atoms with Crippen LogP contribution in [0.3, 0.4) is 0 Å². The summed E-state index contributed by atoms with van der Waals surface area (Å²) in [4.78, 5) is 0. The van der Waals surface area contributed by atoms with Gasteiger partial charge in [-0.3, -0.25) is 0 Å². The normalized spacial score (nSPS) is 29.0. The first-order chi connectivity index (χ1) is 10.3. The molecule has 1 saturated carbocycles. The number of methoxy groups -OCH3 is 1. The van der Waals surface area contributed by atoms with E-state index >= 15 is 0 Å². The van der Waals surface area contributed by atoms with Crippen LogP contribution in [0.15, 0.2) is 18.2 Å². The molecule has 0 amide bonds. The molecule has 0 bridgehead atoms. The van der Waals surface area contributed by atoms with Crippen molar-refractivity contribution in [3.8, 4) is 5.75 Å². The fraction of sp³-hybridized carbons (Fsp3) is 0.667. The van der Waals surface area contributed by atoms with Gasteiger partial charge in [0.2, 0.25) is 0 Å². The van der Waals surface area contributed by atoms with Crippen LogP contribution in [0.2, 0.25) is 0 Å². The lowest BCUT2D eigenvalue weighted by Crippen LogP contribution is -2.41. The van der Waals surface area contributed by atoms with Crippen LogP contribution in [0.4, 0.5) is 0 Å². The van der Waals surface area contributed by atoms with Crippen molar-refractivity contribution in [3.63, 3.8) is 0 Å². The quantitative estimate of drug-likeness (QED) is 0.895. The fourth-order valence-corrected chi connectivity index (χ4v) is 3.78. The maximum absolute atomic E-state index is 10.1. The summed E-state index contributed by atoms with van der Waals surface area (Å²) in [6.07, 6.45) is 7.94. The van der Waals surface area contributed by atoms with Crippen molar-refractivity contribution in [1.82, 2.24) is 5.32 Å². The summed E-state index contributed by atoms with van der Waals surface area (Å²) in [5.74, 6) is 1.41. The van der Waals surface area contributed by atoms with Gasteiger partial charge in [0, 0.05) is 12.6 Å². The molecule has 0 aliphatic heterocycles. The second-order valence-corrected chi connectivity index (χ2v) is 6.59. The topological polar surface area (TPSA) is 41.5 Å². The van der Waals surface area contributed by atoms with E-state index in [1.54, 1.807) is 7.11 Å². The Hall–Kier alpha value is -1.06. The highest BCUT2D eigenvalue weighted by Crippen LogP contribution is 2.27. The van der Waals surface area contributed by atoms with Crippen molar-refractivity contribution in [2.45, 2.75) is 57.1 Å². The molecular formula is C18H27NO2. The van der Waals surface area contributed by atoms with Crippen LogP contribution in [0.5, 0.6) is 5.75 Å². The Balaban J connectivity index is 1.55. The van der Waals surface area contributed by atoms with Gasteiger partial charge >= 0.3 is 0 Å². The predicted octanol–water partition coefficient (Wildman–Crippen LogP) is 2.69. The zero-order valence-electron chi connectivity index (χ0n) is 13.0. The van der Waals surface area contributed by atoms with E-state index in [0.717, 1.165) is 31.6 Å². The van der Waals surface area contributed by atoms with Gasteiger partial charge in [-0.2, -0.15) is 0 Å². The van der Waals surface area contributed by atoms with Gasteiger partial charge in [-0.05, 0) is 61.3 Å². The van der Waals surface area contributed by atoms with Gasteiger partial charge in [0.25, 0.3) is 0 Å². The maximum atomic E-state index is 10.1. The summed E-state index contributed by atoms with van der Waals surface area (Å²) in [6.45, 7) is 0.963. The summed E-state index contributed by atoms with van der Waals surface area (Å²) in [6, 6.07) is 6.98. The van der Waals surface area contributed by atoms with Crippen molar-refractivity contribution in [2.75, 3.05) is 13.7 Å². The smallest absolute Gasteiger partial charge is 0.119 e. The minimum atomic E-state index is -0.0952. The number of rotatable bonds is 4. The minimum absolute atomic E-state index is 0.0952. The number of ether oxygens (including phenoxy) is 1.